The molecular weight excluding hydrogens is 206 g/mol. The molecule has 0 aliphatic carbocycles. The lowest BCUT2D eigenvalue weighted by Gasteiger charge is -2.00. The van der Waals surface area contributed by atoms with Crippen LogP contribution in [0.15, 0.2) is 29.4 Å². The molecule has 0 aliphatic heterocycles. The van der Waals surface area contributed by atoms with Crippen molar-refractivity contribution in [3.8, 4) is 0 Å². The highest BCUT2D eigenvalue weighted by Crippen LogP contribution is 2.22. The van der Waals surface area contributed by atoms with Gasteiger partial charge in [0.1, 0.15) is 5.69 Å². The van der Waals surface area contributed by atoms with Gasteiger partial charge in [0.25, 0.3) is 5.69 Å². The van der Waals surface area contributed by atoms with Gasteiger partial charge in [0.05, 0.1) is 4.92 Å². The van der Waals surface area contributed by atoms with Crippen LogP contribution < -0.4 is 5.43 Å². The molecule has 0 saturated carbocycles. The van der Waals surface area contributed by atoms with Crippen LogP contribution in [0.2, 0.25) is 0 Å². The average Bonchev–Trinajstić information content (AvgIpc) is 2.29. The van der Waals surface area contributed by atoms with Gasteiger partial charge in [0.2, 0.25) is 0 Å². The van der Waals surface area contributed by atoms with Crippen molar-refractivity contribution in [3.63, 3.8) is 0 Å². The second-order valence-electron chi connectivity index (χ2n) is 3.34. The zero-order valence-electron chi connectivity index (χ0n) is 9.22. The van der Waals surface area contributed by atoms with E-state index in [4.69, 9.17) is 0 Å². The van der Waals surface area contributed by atoms with Crippen molar-refractivity contribution < 1.29 is 4.92 Å². The summed E-state index contributed by atoms with van der Waals surface area (Å²) in [5.41, 5.74) is 3.14. The van der Waals surface area contributed by atoms with Crippen molar-refractivity contribution in [2.75, 3.05) is 5.43 Å². The Morgan fingerprint density at radius 3 is 2.94 bits per heavy atom. The molecule has 0 spiro atoms. The number of nitro benzene ring substituents is 1. The van der Waals surface area contributed by atoms with Crippen LogP contribution in [-0.4, -0.2) is 11.1 Å². The lowest BCUT2D eigenvalue weighted by Crippen LogP contribution is -1.96. The number of nitro groups is 1. The maximum absolute atomic E-state index is 10.7. The summed E-state index contributed by atoms with van der Waals surface area (Å²) in [6, 6.07) is 6.44. The fourth-order valence-electron chi connectivity index (χ4n) is 1.20. The van der Waals surface area contributed by atoms with Crippen molar-refractivity contribution in [3.05, 3.63) is 34.4 Å². The molecule has 0 aromatic heterocycles. The molecule has 0 aliphatic rings. The van der Waals surface area contributed by atoms with Crippen molar-refractivity contribution in [1.29, 1.82) is 0 Å². The number of anilines is 1. The number of hydrogen-bond donors (Lipinski definition) is 1. The summed E-state index contributed by atoms with van der Waals surface area (Å²) >= 11 is 0. The minimum Gasteiger partial charge on any atom is -0.272 e. The van der Waals surface area contributed by atoms with Gasteiger partial charge in [-0.25, -0.2) is 0 Å². The predicted octanol–water partition coefficient (Wildman–Crippen LogP) is 3.18. The zero-order chi connectivity index (χ0) is 11.8. The van der Waals surface area contributed by atoms with E-state index in [0.717, 1.165) is 19.3 Å². The number of nitrogens with one attached hydrogen (secondary N) is 1. The molecule has 0 radical (unpaired) electrons. The molecule has 0 saturated heterocycles. The van der Waals surface area contributed by atoms with Crippen LogP contribution in [0.25, 0.3) is 0 Å². The standard InChI is InChI=1S/C11H15N3O2/c1-2-3-6-9-12-13-10-7-4-5-8-11(10)14(15)16/h4-5,7-9,13H,2-3,6H2,1H3. The Morgan fingerprint density at radius 2 is 2.25 bits per heavy atom. The van der Waals surface area contributed by atoms with E-state index < -0.39 is 4.92 Å². The molecule has 0 unspecified atom stereocenters. The van der Waals surface area contributed by atoms with Gasteiger partial charge in [0.15, 0.2) is 0 Å². The monoisotopic (exact) mass is 221 g/mol. The van der Waals surface area contributed by atoms with E-state index in [0.29, 0.717) is 5.69 Å². The Balaban J connectivity index is 2.59. The summed E-state index contributed by atoms with van der Waals surface area (Å²) in [6.07, 6.45) is 4.80. The molecule has 1 rings (SSSR count). The lowest BCUT2D eigenvalue weighted by atomic mass is 10.3. The third kappa shape index (κ3) is 3.68. The SMILES string of the molecule is CCCCC=NNc1ccccc1[N+](=O)[O-]. The number of hydrogen-bond acceptors (Lipinski definition) is 4. The van der Waals surface area contributed by atoms with Gasteiger partial charge in [-0.3, -0.25) is 15.5 Å². The average molecular weight is 221 g/mol. The second kappa shape index (κ2) is 6.55. The molecule has 0 heterocycles. The van der Waals surface area contributed by atoms with Crippen molar-refractivity contribution in [2.45, 2.75) is 26.2 Å². The summed E-state index contributed by atoms with van der Waals surface area (Å²) in [5.74, 6) is 0. The normalized spacial score (nSPS) is 10.6. The maximum Gasteiger partial charge on any atom is 0.294 e. The van der Waals surface area contributed by atoms with Gasteiger partial charge in [-0.05, 0) is 18.9 Å². The van der Waals surface area contributed by atoms with E-state index >= 15 is 0 Å². The Bertz CT molecular complexity index is 377. The van der Waals surface area contributed by atoms with E-state index in [1.165, 1.54) is 6.07 Å². The molecule has 5 nitrogen and oxygen atoms in total. The smallest absolute Gasteiger partial charge is 0.272 e. The number of nitrogens with zero attached hydrogens (tertiary/aromatic N) is 2. The van der Waals surface area contributed by atoms with Crippen LogP contribution in [0.5, 0.6) is 0 Å². The highest BCUT2D eigenvalue weighted by Gasteiger charge is 2.10. The van der Waals surface area contributed by atoms with Gasteiger partial charge in [0, 0.05) is 12.3 Å². The Kier molecular flexibility index (Phi) is 4.98. The first-order valence-electron chi connectivity index (χ1n) is 5.26. The summed E-state index contributed by atoms with van der Waals surface area (Å²) < 4.78 is 0. The lowest BCUT2D eigenvalue weighted by molar-refractivity contribution is -0.384. The van der Waals surface area contributed by atoms with E-state index in [-0.39, 0.29) is 5.69 Å². The second-order valence-corrected chi connectivity index (χ2v) is 3.34. The molecule has 1 aromatic carbocycles. The molecular formula is C11H15N3O2. The first kappa shape index (κ1) is 12.2. The molecule has 1 N–H and O–H groups in total. The quantitative estimate of drug-likeness (QED) is 0.347. The minimum absolute atomic E-state index is 0.0372. The number of rotatable bonds is 6. The van der Waals surface area contributed by atoms with E-state index in [1.807, 2.05) is 0 Å². The molecule has 0 atom stereocenters. The summed E-state index contributed by atoms with van der Waals surface area (Å²) in [5, 5.41) is 14.6. The van der Waals surface area contributed by atoms with Crippen LogP contribution in [0, 0.1) is 10.1 Å². The van der Waals surface area contributed by atoms with Crippen LogP contribution in [0.4, 0.5) is 11.4 Å². The third-order valence-electron chi connectivity index (χ3n) is 2.06. The molecule has 0 fully saturated rings. The van der Waals surface area contributed by atoms with E-state index in [2.05, 4.69) is 17.5 Å². The summed E-state index contributed by atoms with van der Waals surface area (Å²) in [4.78, 5) is 10.2. The molecule has 5 heteroatoms. The van der Waals surface area contributed by atoms with E-state index in [9.17, 15) is 10.1 Å². The fourth-order valence-corrected chi connectivity index (χ4v) is 1.20. The number of hydrazone groups is 1. The minimum atomic E-state index is -0.427. The number of benzene rings is 1. The van der Waals surface area contributed by atoms with Gasteiger partial charge in [-0.2, -0.15) is 5.10 Å². The van der Waals surface area contributed by atoms with Crippen molar-refractivity contribution in [2.24, 2.45) is 5.10 Å². The Hall–Kier alpha value is -1.91. The van der Waals surface area contributed by atoms with Gasteiger partial charge >= 0.3 is 0 Å². The Morgan fingerprint density at radius 1 is 1.50 bits per heavy atom. The topological polar surface area (TPSA) is 67.5 Å². The summed E-state index contributed by atoms with van der Waals surface area (Å²) in [7, 11) is 0. The maximum atomic E-state index is 10.7. The molecule has 0 amide bonds. The fraction of sp³-hybridized carbons (Fsp3) is 0.364. The highest BCUT2D eigenvalue weighted by molar-refractivity contribution is 5.64. The van der Waals surface area contributed by atoms with Crippen LogP contribution in [0.1, 0.15) is 26.2 Å². The van der Waals surface area contributed by atoms with E-state index in [1.54, 1.807) is 24.4 Å². The number of para-hydroxylation sites is 2. The first-order valence-corrected chi connectivity index (χ1v) is 5.26. The zero-order valence-corrected chi connectivity index (χ0v) is 9.22. The van der Waals surface area contributed by atoms with Gasteiger partial charge < -0.3 is 0 Å². The van der Waals surface area contributed by atoms with Gasteiger partial charge in [-0.1, -0.05) is 25.5 Å². The van der Waals surface area contributed by atoms with Crippen LogP contribution in [-0.2, 0) is 0 Å². The van der Waals surface area contributed by atoms with Crippen LogP contribution in [0.3, 0.4) is 0 Å². The highest BCUT2D eigenvalue weighted by atomic mass is 16.6. The largest absolute Gasteiger partial charge is 0.294 e. The van der Waals surface area contributed by atoms with Crippen molar-refractivity contribution >= 4 is 17.6 Å². The first-order chi connectivity index (χ1) is 7.75. The third-order valence-corrected chi connectivity index (χ3v) is 2.06. The molecule has 1 aromatic rings. The van der Waals surface area contributed by atoms with Crippen molar-refractivity contribution in [1.82, 2.24) is 0 Å². The Labute approximate surface area is 94.3 Å². The molecule has 0 bridgehead atoms. The van der Waals surface area contributed by atoms with Crippen LogP contribution >= 0.6 is 0 Å². The number of unbranched alkanes of at least 4 members (excludes halogenated alkanes) is 2. The molecule has 86 valence electrons. The van der Waals surface area contributed by atoms with Gasteiger partial charge in [-0.15, -0.1) is 0 Å². The summed E-state index contributed by atoms with van der Waals surface area (Å²) in [6.45, 7) is 2.10. The molecule has 16 heavy (non-hydrogen) atoms. The predicted molar refractivity (Wildman–Crippen MR) is 64.7 cm³/mol.